The lowest BCUT2D eigenvalue weighted by Gasteiger charge is -2.24. The van der Waals surface area contributed by atoms with Crippen LogP contribution >= 0.6 is 0 Å². The zero-order valence-electron chi connectivity index (χ0n) is 18.2. The Hall–Kier alpha value is -3.48. The summed E-state index contributed by atoms with van der Waals surface area (Å²) in [6, 6.07) is 11.3. The standard InChI is InChI=1S/C24H27N3O4/c1-14(2)25-24(29)27(11-17-5-6-20-21(9-17)31-13-30-20)12-19-10-18-8-15(3)7-16(4)22(18)26-23(19)28/h5-10,14H,11-13H2,1-4H3,(H,25,29)(H,26,28). The zero-order valence-corrected chi connectivity index (χ0v) is 18.2. The van der Waals surface area contributed by atoms with Gasteiger partial charge in [-0.05, 0) is 68.5 Å². The van der Waals surface area contributed by atoms with Gasteiger partial charge < -0.3 is 24.7 Å². The maximum absolute atomic E-state index is 12.9. The van der Waals surface area contributed by atoms with E-state index in [0.29, 0.717) is 23.6 Å². The number of benzene rings is 2. The lowest BCUT2D eigenvalue weighted by Crippen LogP contribution is -2.43. The van der Waals surface area contributed by atoms with E-state index in [1.54, 1.807) is 4.90 Å². The average Bonchev–Trinajstić information content (AvgIpc) is 3.16. The van der Waals surface area contributed by atoms with Crippen LogP contribution in [-0.4, -0.2) is 28.7 Å². The number of nitrogens with zero attached hydrogens (tertiary/aromatic N) is 1. The van der Waals surface area contributed by atoms with Crippen molar-refractivity contribution in [2.75, 3.05) is 6.79 Å². The van der Waals surface area contributed by atoms with Gasteiger partial charge in [0.15, 0.2) is 11.5 Å². The van der Waals surface area contributed by atoms with E-state index in [-0.39, 0.29) is 31.0 Å². The lowest BCUT2D eigenvalue weighted by molar-refractivity contribution is 0.173. The molecule has 2 N–H and O–H groups in total. The maximum Gasteiger partial charge on any atom is 0.318 e. The van der Waals surface area contributed by atoms with Gasteiger partial charge in [-0.25, -0.2) is 4.79 Å². The molecule has 2 amide bonds. The molecule has 0 saturated heterocycles. The number of H-pyrrole nitrogens is 1. The fourth-order valence-electron chi connectivity index (χ4n) is 3.85. The van der Waals surface area contributed by atoms with Crippen LogP contribution in [0.2, 0.25) is 0 Å². The fraction of sp³-hybridized carbons (Fsp3) is 0.333. The number of rotatable bonds is 5. The third-order valence-corrected chi connectivity index (χ3v) is 5.24. The molecular weight excluding hydrogens is 394 g/mol. The molecule has 0 saturated carbocycles. The summed E-state index contributed by atoms with van der Waals surface area (Å²) >= 11 is 0. The molecule has 1 aliphatic rings. The second-order valence-electron chi connectivity index (χ2n) is 8.32. The Balaban J connectivity index is 1.66. The van der Waals surface area contributed by atoms with Crippen LogP contribution < -0.4 is 20.3 Å². The van der Waals surface area contributed by atoms with Crippen molar-refractivity contribution in [3.63, 3.8) is 0 Å². The molecule has 0 fully saturated rings. The van der Waals surface area contributed by atoms with Crippen LogP contribution in [0, 0.1) is 13.8 Å². The molecule has 4 rings (SSSR count). The summed E-state index contributed by atoms with van der Waals surface area (Å²) < 4.78 is 10.8. The highest BCUT2D eigenvalue weighted by Crippen LogP contribution is 2.33. The Morgan fingerprint density at radius 1 is 1.10 bits per heavy atom. The number of aryl methyl sites for hydroxylation is 2. The molecule has 2 aromatic carbocycles. The highest BCUT2D eigenvalue weighted by molar-refractivity contribution is 5.83. The van der Waals surface area contributed by atoms with E-state index in [1.165, 1.54) is 0 Å². The Kier molecular flexibility index (Phi) is 5.59. The van der Waals surface area contributed by atoms with Crippen LogP contribution in [0.1, 0.15) is 36.1 Å². The number of nitrogens with one attached hydrogen (secondary N) is 2. The molecule has 0 radical (unpaired) electrons. The number of fused-ring (bicyclic) bond motifs is 2. The molecule has 7 heteroatoms. The zero-order chi connectivity index (χ0) is 22.1. The first-order valence-electron chi connectivity index (χ1n) is 10.4. The largest absolute Gasteiger partial charge is 0.454 e. The van der Waals surface area contributed by atoms with Gasteiger partial charge >= 0.3 is 6.03 Å². The number of pyridine rings is 1. The van der Waals surface area contributed by atoms with Crippen LogP contribution in [0.25, 0.3) is 10.9 Å². The number of aromatic amines is 1. The molecule has 0 unspecified atom stereocenters. The summed E-state index contributed by atoms with van der Waals surface area (Å²) in [6.07, 6.45) is 0. The number of hydrogen-bond donors (Lipinski definition) is 2. The van der Waals surface area contributed by atoms with Crippen LogP contribution in [0.4, 0.5) is 4.79 Å². The fourth-order valence-corrected chi connectivity index (χ4v) is 3.85. The Labute approximate surface area is 181 Å². The van der Waals surface area contributed by atoms with Gasteiger partial charge in [-0.1, -0.05) is 17.7 Å². The van der Waals surface area contributed by atoms with E-state index < -0.39 is 0 Å². The van der Waals surface area contributed by atoms with Gasteiger partial charge in [0, 0.05) is 18.2 Å². The van der Waals surface area contributed by atoms with E-state index in [0.717, 1.165) is 27.6 Å². The molecule has 2 heterocycles. The average molecular weight is 421 g/mol. The summed E-state index contributed by atoms with van der Waals surface area (Å²) in [5.74, 6) is 1.36. The van der Waals surface area contributed by atoms with Crippen molar-refractivity contribution in [1.82, 2.24) is 15.2 Å². The summed E-state index contributed by atoms with van der Waals surface area (Å²) in [5.41, 5.74) is 4.22. The summed E-state index contributed by atoms with van der Waals surface area (Å²) in [7, 11) is 0. The second kappa shape index (κ2) is 8.34. The monoisotopic (exact) mass is 421 g/mol. The van der Waals surface area contributed by atoms with Crippen LogP contribution in [0.15, 0.2) is 41.2 Å². The third-order valence-electron chi connectivity index (χ3n) is 5.24. The van der Waals surface area contributed by atoms with Crippen molar-refractivity contribution in [2.45, 2.75) is 46.8 Å². The SMILES string of the molecule is Cc1cc(C)c2[nH]c(=O)c(CN(Cc3ccc4c(c3)OCO4)C(=O)NC(C)C)cc2c1. The predicted molar refractivity (Wildman–Crippen MR) is 120 cm³/mol. The van der Waals surface area contributed by atoms with Crippen molar-refractivity contribution < 1.29 is 14.3 Å². The van der Waals surface area contributed by atoms with Crippen molar-refractivity contribution in [3.8, 4) is 11.5 Å². The highest BCUT2D eigenvalue weighted by atomic mass is 16.7. The minimum absolute atomic E-state index is 0.0214. The van der Waals surface area contributed by atoms with Crippen molar-refractivity contribution in [2.24, 2.45) is 0 Å². The van der Waals surface area contributed by atoms with E-state index >= 15 is 0 Å². The molecule has 1 aromatic heterocycles. The number of carbonyl (C=O) groups excluding carboxylic acids is 1. The molecular formula is C24H27N3O4. The van der Waals surface area contributed by atoms with Gasteiger partial charge in [-0.3, -0.25) is 4.79 Å². The van der Waals surface area contributed by atoms with Crippen molar-refractivity contribution in [1.29, 1.82) is 0 Å². The summed E-state index contributed by atoms with van der Waals surface area (Å²) in [4.78, 5) is 30.4. The second-order valence-corrected chi connectivity index (χ2v) is 8.32. The van der Waals surface area contributed by atoms with E-state index in [1.807, 2.05) is 64.1 Å². The summed E-state index contributed by atoms with van der Waals surface area (Å²) in [6.45, 7) is 8.54. The number of amides is 2. The van der Waals surface area contributed by atoms with Gasteiger partial charge in [0.1, 0.15) is 0 Å². The first kappa shape index (κ1) is 20.8. The van der Waals surface area contributed by atoms with Gasteiger partial charge in [0.2, 0.25) is 6.79 Å². The number of aromatic nitrogens is 1. The van der Waals surface area contributed by atoms with Crippen LogP contribution in [-0.2, 0) is 13.1 Å². The number of carbonyl (C=O) groups is 1. The summed E-state index contributed by atoms with van der Waals surface area (Å²) in [5, 5.41) is 3.89. The van der Waals surface area contributed by atoms with E-state index in [9.17, 15) is 9.59 Å². The first-order valence-corrected chi connectivity index (χ1v) is 10.4. The Morgan fingerprint density at radius 2 is 1.87 bits per heavy atom. The quantitative estimate of drug-likeness (QED) is 0.652. The first-order chi connectivity index (χ1) is 14.8. The van der Waals surface area contributed by atoms with Crippen molar-refractivity contribution in [3.05, 3.63) is 69.0 Å². The normalized spacial score (nSPS) is 12.4. The number of ether oxygens (including phenoxy) is 2. The molecule has 1 aliphatic heterocycles. The topological polar surface area (TPSA) is 83.7 Å². The molecule has 3 aromatic rings. The molecule has 0 bridgehead atoms. The number of urea groups is 1. The lowest BCUT2D eigenvalue weighted by atomic mass is 10.0. The molecule has 162 valence electrons. The Morgan fingerprint density at radius 3 is 2.65 bits per heavy atom. The van der Waals surface area contributed by atoms with Crippen LogP contribution in [0.3, 0.4) is 0 Å². The predicted octanol–water partition coefficient (Wildman–Crippen LogP) is 3.99. The minimum Gasteiger partial charge on any atom is -0.454 e. The number of hydrogen-bond acceptors (Lipinski definition) is 4. The van der Waals surface area contributed by atoms with Crippen LogP contribution in [0.5, 0.6) is 11.5 Å². The third kappa shape index (κ3) is 4.50. The molecule has 31 heavy (non-hydrogen) atoms. The molecule has 0 spiro atoms. The maximum atomic E-state index is 12.9. The van der Waals surface area contributed by atoms with Gasteiger partial charge in [-0.2, -0.15) is 0 Å². The minimum atomic E-state index is -0.229. The van der Waals surface area contributed by atoms with Gasteiger partial charge in [-0.15, -0.1) is 0 Å². The van der Waals surface area contributed by atoms with Gasteiger partial charge in [0.05, 0.1) is 12.1 Å². The molecule has 0 atom stereocenters. The smallest absolute Gasteiger partial charge is 0.318 e. The molecule has 0 aliphatic carbocycles. The van der Waals surface area contributed by atoms with E-state index in [2.05, 4.69) is 10.3 Å². The molecule has 7 nitrogen and oxygen atoms in total. The van der Waals surface area contributed by atoms with E-state index in [4.69, 9.17) is 9.47 Å². The Bertz CT molecular complexity index is 1200. The van der Waals surface area contributed by atoms with Gasteiger partial charge in [0.25, 0.3) is 5.56 Å². The highest BCUT2D eigenvalue weighted by Gasteiger charge is 2.20. The van der Waals surface area contributed by atoms with Crippen molar-refractivity contribution >= 4 is 16.9 Å².